The lowest BCUT2D eigenvalue weighted by atomic mass is 10.1. The zero-order valence-corrected chi connectivity index (χ0v) is 12.3. The first kappa shape index (κ1) is 16.4. The van der Waals surface area contributed by atoms with Gasteiger partial charge >= 0.3 is 5.97 Å². The molecule has 0 aliphatic carbocycles. The molecule has 0 heterocycles. The van der Waals surface area contributed by atoms with Crippen molar-refractivity contribution in [3.63, 3.8) is 0 Å². The molecule has 0 aromatic heterocycles. The van der Waals surface area contributed by atoms with Crippen LogP contribution < -0.4 is 5.32 Å². The summed E-state index contributed by atoms with van der Waals surface area (Å²) < 4.78 is 4.67. The topological polar surface area (TPSA) is 75.7 Å². The number of nitrogens with one attached hydrogen (secondary N) is 1. The maximum Gasteiger partial charge on any atom is 0.330 e. The van der Waals surface area contributed by atoms with Gasteiger partial charge in [-0.15, -0.1) is 0 Å². The van der Waals surface area contributed by atoms with Gasteiger partial charge in [0.15, 0.2) is 0 Å². The van der Waals surface area contributed by atoms with Crippen molar-refractivity contribution in [1.29, 1.82) is 0 Å². The van der Waals surface area contributed by atoms with Gasteiger partial charge < -0.3 is 15.0 Å². The third kappa shape index (κ3) is 5.10. The Bertz CT molecular complexity index is 565. The average Bonchev–Trinajstić information content (AvgIpc) is 2.45. The summed E-state index contributed by atoms with van der Waals surface area (Å²) in [6, 6.07) is 6.65. The van der Waals surface area contributed by atoms with E-state index in [9.17, 15) is 14.4 Å². The number of para-hydroxylation sites is 1. The van der Waals surface area contributed by atoms with Crippen molar-refractivity contribution < 1.29 is 19.1 Å². The van der Waals surface area contributed by atoms with Crippen molar-refractivity contribution in [2.75, 3.05) is 26.0 Å². The van der Waals surface area contributed by atoms with Gasteiger partial charge in [0, 0.05) is 26.2 Å². The lowest BCUT2D eigenvalue weighted by molar-refractivity contribution is -0.137. The highest BCUT2D eigenvalue weighted by molar-refractivity contribution is 6.07. The van der Waals surface area contributed by atoms with E-state index < -0.39 is 11.9 Å². The molecule has 0 atom stereocenters. The van der Waals surface area contributed by atoms with Crippen LogP contribution in [0.3, 0.4) is 0 Å². The molecule has 112 valence electrons. The largest absolute Gasteiger partial charge is 0.463 e. The fourth-order valence-electron chi connectivity index (χ4n) is 1.53. The molecule has 0 radical (unpaired) electrons. The number of esters is 1. The molecule has 6 nitrogen and oxygen atoms in total. The van der Waals surface area contributed by atoms with Crippen molar-refractivity contribution in [1.82, 2.24) is 4.90 Å². The first-order chi connectivity index (χ1) is 9.95. The Hall–Kier alpha value is -2.63. The molecule has 6 heteroatoms. The molecule has 0 bridgehead atoms. The summed E-state index contributed by atoms with van der Waals surface area (Å²) in [5, 5.41) is 2.56. The van der Waals surface area contributed by atoms with E-state index >= 15 is 0 Å². The van der Waals surface area contributed by atoms with Crippen LogP contribution in [0.5, 0.6) is 0 Å². The third-order valence-corrected chi connectivity index (χ3v) is 2.48. The third-order valence-electron chi connectivity index (χ3n) is 2.48. The number of benzene rings is 1. The van der Waals surface area contributed by atoms with Gasteiger partial charge in [0.25, 0.3) is 5.91 Å². The van der Waals surface area contributed by atoms with Gasteiger partial charge in [-0.3, -0.25) is 9.59 Å². The molecule has 0 saturated carbocycles. The SMILES string of the molecule is CCOC(=O)C=CC(=O)Nc1ccccc1C(=O)N(C)C. The molecule has 0 aliphatic heterocycles. The summed E-state index contributed by atoms with van der Waals surface area (Å²) in [5.74, 6) is -1.33. The highest BCUT2D eigenvalue weighted by atomic mass is 16.5. The average molecular weight is 290 g/mol. The number of rotatable bonds is 5. The summed E-state index contributed by atoms with van der Waals surface area (Å²) in [4.78, 5) is 36.2. The van der Waals surface area contributed by atoms with E-state index in [1.165, 1.54) is 4.90 Å². The molecule has 0 spiro atoms. The first-order valence-electron chi connectivity index (χ1n) is 6.42. The lowest BCUT2D eigenvalue weighted by Crippen LogP contribution is -2.23. The Morgan fingerprint density at radius 1 is 1.19 bits per heavy atom. The van der Waals surface area contributed by atoms with E-state index in [1.54, 1.807) is 45.3 Å². The van der Waals surface area contributed by atoms with Crippen LogP contribution in [0.2, 0.25) is 0 Å². The Balaban J connectivity index is 2.82. The smallest absolute Gasteiger partial charge is 0.330 e. The molecule has 21 heavy (non-hydrogen) atoms. The van der Waals surface area contributed by atoms with Crippen LogP contribution in [0.1, 0.15) is 17.3 Å². The second-order valence-corrected chi connectivity index (χ2v) is 4.32. The number of hydrogen-bond donors (Lipinski definition) is 1. The number of carbonyl (C=O) groups excluding carboxylic acids is 3. The molecule has 1 aromatic rings. The van der Waals surface area contributed by atoms with Crippen LogP contribution in [0.15, 0.2) is 36.4 Å². The number of nitrogens with zero attached hydrogens (tertiary/aromatic N) is 1. The van der Waals surface area contributed by atoms with Gasteiger partial charge in [-0.25, -0.2) is 4.79 Å². The summed E-state index contributed by atoms with van der Waals surface area (Å²) >= 11 is 0. The van der Waals surface area contributed by atoms with Crippen LogP contribution in [-0.4, -0.2) is 43.4 Å². The van der Waals surface area contributed by atoms with Crippen LogP contribution in [-0.2, 0) is 14.3 Å². The molecular formula is C15H18N2O4. The Kier molecular flexibility index (Phi) is 6.13. The quantitative estimate of drug-likeness (QED) is 0.658. The summed E-state index contributed by atoms with van der Waals surface area (Å²) in [5.41, 5.74) is 0.759. The minimum atomic E-state index is -0.592. The summed E-state index contributed by atoms with van der Waals surface area (Å²) in [6.07, 6.45) is 2.10. The van der Waals surface area contributed by atoms with E-state index in [1.807, 2.05) is 0 Å². The van der Waals surface area contributed by atoms with Crippen LogP contribution in [0.4, 0.5) is 5.69 Å². The second-order valence-electron chi connectivity index (χ2n) is 4.32. The van der Waals surface area contributed by atoms with E-state index in [0.29, 0.717) is 11.3 Å². The van der Waals surface area contributed by atoms with Gasteiger partial charge in [0.2, 0.25) is 5.91 Å². The van der Waals surface area contributed by atoms with Gasteiger partial charge in [-0.05, 0) is 19.1 Å². The Morgan fingerprint density at radius 3 is 2.48 bits per heavy atom. The monoisotopic (exact) mass is 290 g/mol. The lowest BCUT2D eigenvalue weighted by Gasteiger charge is -2.14. The van der Waals surface area contributed by atoms with E-state index in [0.717, 1.165) is 12.2 Å². The molecule has 0 fully saturated rings. The van der Waals surface area contributed by atoms with Crippen LogP contribution in [0, 0.1) is 0 Å². The number of carbonyl (C=O) groups is 3. The highest BCUT2D eigenvalue weighted by Crippen LogP contribution is 2.16. The Labute approximate surface area is 123 Å². The van der Waals surface area contributed by atoms with Crippen molar-refractivity contribution in [2.45, 2.75) is 6.92 Å². The number of ether oxygens (including phenoxy) is 1. The molecule has 2 amide bonds. The first-order valence-corrected chi connectivity index (χ1v) is 6.42. The van der Waals surface area contributed by atoms with Gasteiger partial charge in [-0.2, -0.15) is 0 Å². The predicted octanol–water partition coefficient (Wildman–Crippen LogP) is 1.45. The van der Waals surface area contributed by atoms with Crippen molar-refractivity contribution in [3.8, 4) is 0 Å². The van der Waals surface area contributed by atoms with Gasteiger partial charge in [-0.1, -0.05) is 12.1 Å². The summed E-state index contributed by atoms with van der Waals surface area (Å²) in [6.45, 7) is 1.92. The molecule has 1 aromatic carbocycles. The van der Waals surface area contributed by atoms with Crippen molar-refractivity contribution in [2.24, 2.45) is 0 Å². The number of hydrogen-bond acceptors (Lipinski definition) is 4. The Morgan fingerprint density at radius 2 is 1.86 bits per heavy atom. The molecule has 0 aliphatic rings. The normalized spacial score (nSPS) is 10.2. The molecule has 1 N–H and O–H groups in total. The highest BCUT2D eigenvalue weighted by Gasteiger charge is 2.13. The number of amides is 2. The number of anilines is 1. The molecule has 1 rings (SSSR count). The van der Waals surface area contributed by atoms with Crippen molar-refractivity contribution in [3.05, 3.63) is 42.0 Å². The fourth-order valence-corrected chi connectivity index (χ4v) is 1.53. The van der Waals surface area contributed by atoms with E-state index in [4.69, 9.17) is 0 Å². The maximum atomic E-state index is 12.0. The fraction of sp³-hybridized carbons (Fsp3) is 0.267. The minimum Gasteiger partial charge on any atom is -0.463 e. The zero-order valence-electron chi connectivity index (χ0n) is 12.3. The van der Waals surface area contributed by atoms with Gasteiger partial charge in [0.1, 0.15) is 0 Å². The van der Waals surface area contributed by atoms with E-state index in [-0.39, 0.29) is 12.5 Å². The van der Waals surface area contributed by atoms with Crippen LogP contribution >= 0.6 is 0 Å². The minimum absolute atomic E-state index is 0.222. The maximum absolute atomic E-state index is 12.0. The summed E-state index contributed by atoms with van der Waals surface area (Å²) in [7, 11) is 3.25. The zero-order chi connectivity index (χ0) is 15.8. The molecule has 0 unspecified atom stereocenters. The van der Waals surface area contributed by atoms with Crippen molar-refractivity contribution >= 4 is 23.5 Å². The molecular weight excluding hydrogens is 272 g/mol. The molecule has 0 saturated heterocycles. The van der Waals surface area contributed by atoms with Gasteiger partial charge in [0.05, 0.1) is 17.9 Å². The second kappa shape index (κ2) is 7.84. The predicted molar refractivity (Wildman–Crippen MR) is 78.9 cm³/mol. The van der Waals surface area contributed by atoms with E-state index in [2.05, 4.69) is 10.1 Å². The van der Waals surface area contributed by atoms with Crippen LogP contribution in [0.25, 0.3) is 0 Å². The standard InChI is InChI=1S/C15H18N2O4/c1-4-21-14(19)10-9-13(18)16-12-8-6-5-7-11(12)15(20)17(2)3/h5-10H,4H2,1-3H3,(H,16,18).